The molecule has 1 N–H and O–H groups in total. The predicted molar refractivity (Wildman–Crippen MR) is 107 cm³/mol. The van der Waals surface area contributed by atoms with Crippen molar-refractivity contribution in [1.82, 2.24) is 15.1 Å². The molecule has 4 heteroatoms. The smallest absolute Gasteiger partial charge is 0.225 e. The highest BCUT2D eigenvalue weighted by atomic mass is 16.2. The summed E-state index contributed by atoms with van der Waals surface area (Å²) in [7, 11) is 0. The van der Waals surface area contributed by atoms with E-state index in [9.17, 15) is 4.79 Å². The van der Waals surface area contributed by atoms with E-state index in [0.29, 0.717) is 11.8 Å². The minimum absolute atomic E-state index is 0.281. The molecule has 1 saturated carbocycles. The quantitative estimate of drug-likeness (QED) is 0.734. The Labute approximate surface area is 159 Å². The van der Waals surface area contributed by atoms with Gasteiger partial charge in [0.2, 0.25) is 5.91 Å². The van der Waals surface area contributed by atoms with Gasteiger partial charge in [-0.25, -0.2) is 0 Å². The number of benzene rings is 2. The van der Waals surface area contributed by atoms with Crippen LogP contribution in [0, 0.1) is 5.92 Å². The molecule has 4 nitrogen and oxygen atoms in total. The van der Waals surface area contributed by atoms with E-state index in [2.05, 4.69) is 57.6 Å². The van der Waals surface area contributed by atoms with E-state index < -0.39 is 0 Å². The van der Waals surface area contributed by atoms with E-state index in [1.54, 1.807) is 0 Å². The Bertz CT molecular complexity index is 967. The van der Waals surface area contributed by atoms with E-state index in [1.165, 1.54) is 34.0 Å². The van der Waals surface area contributed by atoms with Gasteiger partial charge < -0.3 is 4.90 Å². The number of hydrogen-bond acceptors (Lipinski definition) is 2. The second-order valence-corrected chi connectivity index (χ2v) is 7.98. The summed E-state index contributed by atoms with van der Waals surface area (Å²) in [5, 5.41) is 10.1. The van der Waals surface area contributed by atoms with Crippen LogP contribution in [0.3, 0.4) is 0 Å². The summed E-state index contributed by atoms with van der Waals surface area (Å²) in [6.07, 6.45) is 7.48. The summed E-state index contributed by atoms with van der Waals surface area (Å²) in [6, 6.07) is 14.9. The van der Waals surface area contributed by atoms with Crippen molar-refractivity contribution in [1.29, 1.82) is 0 Å². The lowest BCUT2D eigenvalue weighted by atomic mass is 9.83. The fourth-order valence-electron chi connectivity index (χ4n) is 4.61. The Morgan fingerprint density at radius 2 is 1.85 bits per heavy atom. The predicted octanol–water partition coefficient (Wildman–Crippen LogP) is 4.74. The van der Waals surface area contributed by atoms with Crippen LogP contribution in [0.4, 0.5) is 0 Å². The van der Waals surface area contributed by atoms with Crippen molar-refractivity contribution in [3.8, 4) is 11.1 Å². The molecule has 5 rings (SSSR count). The van der Waals surface area contributed by atoms with E-state index >= 15 is 0 Å². The average molecular weight is 359 g/mol. The monoisotopic (exact) mass is 359 g/mol. The highest BCUT2D eigenvalue weighted by molar-refractivity contribution is 5.97. The van der Waals surface area contributed by atoms with Gasteiger partial charge in [0.05, 0.1) is 6.20 Å². The topological polar surface area (TPSA) is 49.0 Å². The number of nitrogens with one attached hydrogen (secondary N) is 1. The van der Waals surface area contributed by atoms with Gasteiger partial charge in [-0.2, -0.15) is 5.10 Å². The molecule has 1 aromatic heterocycles. The molecule has 2 heterocycles. The summed E-state index contributed by atoms with van der Waals surface area (Å²) in [6.45, 7) is 1.72. The van der Waals surface area contributed by atoms with E-state index in [-0.39, 0.29) is 5.92 Å². The number of nitrogens with zero attached hydrogens (tertiary/aromatic N) is 2. The highest BCUT2D eigenvalue weighted by Crippen LogP contribution is 2.37. The number of hydrogen-bond donors (Lipinski definition) is 1. The Morgan fingerprint density at radius 1 is 1.00 bits per heavy atom. The molecule has 27 heavy (non-hydrogen) atoms. The Kier molecular flexibility index (Phi) is 4.19. The zero-order chi connectivity index (χ0) is 18.2. The van der Waals surface area contributed by atoms with Crippen molar-refractivity contribution >= 4 is 16.7 Å². The number of aromatic amines is 1. The normalized spacial score (nSPS) is 20.6. The van der Waals surface area contributed by atoms with Crippen LogP contribution in [-0.4, -0.2) is 34.1 Å². The van der Waals surface area contributed by atoms with Crippen LogP contribution in [-0.2, 0) is 4.79 Å². The van der Waals surface area contributed by atoms with Gasteiger partial charge in [-0.1, -0.05) is 48.9 Å². The summed E-state index contributed by atoms with van der Waals surface area (Å²) in [4.78, 5) is 14.8. The summed E-state index contributed by atoms with van der Waals surface area (Å²) >= 11 is 0. The molecule has 1 saturated heterocycles. The van der Waals surface area contributed by atoms with Gasteiger partial charge in [0.15, 0.2) is 0 Å². The van der Waals surface area contributed by atoms with Gasteiger partial charge in [-0.3, -0.25) is 9.89 Å². The highest BCUT2D eigenvalue weighted by Gasteiger charge is 2.33. The third-order valence-electron chi connectivity index (χ3n) is 6.34. The molecule has 1 amide bonds. The molecule has 2 aliphatic rings. The number of rotatable bonds is 3. The second-order valence-electron chi connectivity index (χ2n) is 7.98. The van der Waals surface area contributed by atoms with Crippen molar-refractivity contribution in [3.63, 3.8) is 0 Å². The minimum Gasteiger partial charge on any atom is -0.342 e. The SMILES string of the molecule is O=C(C1CCC1)N1CCC[C@@H](c2[nH]ncc2-c2cccc3ccccc23)C1. The van der Waals surface area contributed by atoms with Crippen molar-refractivity contribution in [2.45, 2.75) is 38.0 Å². The molecular weight excluding hydrogens is 334 g/mol. The lowest BCUT2D eigenvalue weighted by Gasteiger charge is -2.37. The number of aromatic nitrogens is 2. The molecule has 0 radical (unpaired) electrons. The zero-order valence-electron chi connectivity index (χ0n) is 15.5. The molecular formula is C23H25N3O. The first-order valence-corrected chi connectivity index (χ1v) is 10.1. The van der Waals surface area contributed by atoms with Gasteiger partial charge in [0.1, 0.15) is 0 Å². The number of fused-ring (bicyclic) bond motifs is 1. The number of likely N-dealkylation sites (tertiary alicyclic amines) is 1. The largest absolute Gasteiger partial charge is 0.342 e. The van der Waals surface area contributed by atoms with Crippen LogP contribution in [0.2, 0.25) is 0 Å². The molecule has 0 spiro atoms. The molecule has 0 unspecified atom stereocenters. The maximum Gasteiger partial charge on any atom is 0.225 e. The van der Waals surface area contributed by atoms with Gasteiger partial charge in [-0.15, -0.1) is 0 Å². The van der Waals surface area contributed by atoms with Gasteiger partial charge >= 0.3 is 0 Å². The van der Waals surface area contributed by atoms with Crippen LogP contribution in [0.1, 0.15) is 43.7 Å². The Morgan fingerprint density at radius 3 is 2.70 bits per heavy atom. The molecule has 0 bridgehead atoms. The molecule has 1 aliphatic heterocycles. The standard InChI is InChI=1S/C23H25N3O/c27-23(17-8-3-9-17)26-13-5-10-18(15-26)22-21(14-24-25-22)20-12-4-7-16-6-1-2-11-19(16)20/h1-2,4,6-7,11-12,14,17-18H,3,5,8-10,13,15H2,(H,24,25)/t18-/m1/s1. The molecule has 3 aromatic rings. The third-order valence-corrected chi connectivity index (χ3v) is 6.34. The summed E-state index contributed by atoms with van der Waals surface area (Å²) in [5.74, 6) is 0.986. The number of carbonyl (C=O) groups excluding carboxylic acids is 1. The molecule has 1 atom stereocenters. The number of carbonyl (C=O) groups is 1. The van der Waals surface area contributed by atoms with Crippen LogP contribution in [0.25, 0.3) is 21.9 Å². The average Bonchev–Trinajstić information content (AvgIpc) is 3.16. The summed E-state index contributed by atoms with van der Waals surface area (Å²) < 4.78 is 0. The third kappa shape index (κ3) is 2.93. The van der Waals surface area contributed by atoms with Crippen LogP contribution >= 0.6 is 0 Å². The summed E-state index contributed by atoms with van der Waals surface area (Å²) in [5.41, 5.74) is 3.58. The maximum atomic E-state index is 12.7. The van der Waals surface area contributed by atoms with Gasteiger partial charge in [-0.05, 0) is 42.0 Å². The first-order chi connectivity index (χ1) is 13.3. The van der Waals surface area contributed by atoms with E-state index in [1.807, 2.05) is 6.20 Å². The number of amides is 1. The fourth-order valence-corrected chi connectivity index (χ4v) is 4.61. The van der Waals surface area contributed by atoms with Crippen molar-refractivity contribution in [2.24, 2.45) is 5.92 Å². The second kappa shape index (κ2) is 6.84. The van der Waals surface area contributed by atoms with Crippen LogP contribution in [0.5, 0.6) is 0 Å². The van der Waals surface area contributed by atoms with E-state index in [4.69, 9.17) is 0 Å². The van der Waals surface area contributed by atoms with Gasteiger partial charge in [0, 0.05) is 36.2 Å². The lowest BCUT2D eigenvalue weighted by Crippen LogP contribution is -2.44. The van der Waals surface area contributed by atoms with Crippen molar-refractivity contribution in [3.05, 3.63) is 54.4 Å². The zero-order valence-corrected chi connectivity index (χ0v) is 15.5. The Hall–Kier alpha value is -2.62. The van der Waals surface area contributed by atoms with E-state index in [0.717, 1.165) is 38.8 Å². The van der Waals surface area contributed by atoms with Crippen molar-refractivity contribution < 1.29 is 4.79 Å². The fraction of sp³-hybridized carbons (Fsp3) is 0.391. The molecule has 1 aliphatic carbocycles. The molecule has 138 valence electrons. The van der Waals surface area contributed by atoms with Crippen LogP contribution in [0.15, 0.2) is 48.7 Å². The number of H-pyrrole nitrogens is 1. The lowest BCUT2D eigenvalue weighted by molar-refractivity contribution is -0.139. The maximum absolute atomic E-state index is 12.7. The molecule has 2 fully saturated rings. The van der Waals surface area contributed by atoms with Gasteiger partial charge in [0.25, 0.3) is 0 Å². The van der Waals surface area contributed by atoms with Crippen LogP contribution < -0.4 is 0 Å². The first-order valence-electron chi connectivity index (χ1n) is 10.1. The van der Waals surface area contributed by atoms with Crippen molar-refractivity contribution in [2.75, 3.05) is 13.1 Å². The first kappa shape index (κ1) is 16.5. The number of piperidine rings is 1. The molecule has 2 aromatic carbocycles. The Balaban J connectivity index is 1.47. The minimum atomic E-state index is 0.281.